The monoisotopic (exact) mass is 673 g/mol. The highest BCUT2D eigenvalue weighted by molar-refractivity contribution is 6.14. The molecule has 0 bridgehead atoms. The largest absolute Gasteiger partial charge is 0.444 e. The summed E-state index contributed by atoms with van der Waals surface area (Å²) >= 11 is 0. The molecule has 4 amide bonds. The van der Waals surface area contributed by atoms with Crippen molar-refractivity contribution in [3.05, 3.63) is 71.8 Å². The molecule has 2 heterocycles. The molecule has 48 heavy (non-hydrogen) atoms. The van der Waals surface area contributed by atoms with Crippen LogP contribution in [0.3, 0.4) is 0 Å². The molecule has 2 atom stereocenters. The molecule has 2 aromatic carbocycles. The van der Waals surface area contributed by atoms with Crippen LogP contribution in [0.15, 0.2) is 65.8 Å². The Labute approximate surface area is 277 Å². The van der Waals surface area contributed by atoms with Gasteiger partial charge in [-0.3, -0.25) is 14.4 Å². The Balaban J connectivity index is 1.58. The zero-order chi connectivity index (χ0) is 35.3. The third-order valence-electron chi connectivity index (χ3n) is 7.89. The summed E-state index contributed by atoms with van der Waals surface area (Å²) in [5, 5.41) is 9.74. The Morgan fingerprint density at radius 3 is 2.15 bits per heavy atom. The Morgan fingerprint density at radius 2 is 1.56 bits per heavy atom. The molecule has 260 valence electrons. The van der Waals surface area contributed by atoms with Gasteiger partial charge in [-0.05, 0) is 52.2 Å². The average molecular weight is 674 g/mol. The topological polar surface area (TPSA) is 130 Å². The van der Waals surface area contributed by atoms with Gasteiger partial charge in [-0.25, -0.2) is 9.80 Å². The molecule has 2 aliphatic rings. The molecule has 4 rings (SSSR count). The van der Waals surface area contributed by atoms with Gasteiger partial charge in [0.1, 0.15) is 29.1 Å². The van der Waals surface area contributed by atoms with Gasteiger partial charge >= 0.3 is 12.3 Å². The number of hydrogen-bond donors (Lipinski definition) is 2. The lowest BCUT2D eigenvalue weighted by Gasteiger charge is -2.41. The van der Waals surface area contributed by atoms with Crippen LogP contribution in [0.1, 0.15) is 52.2 Å². The van der Waals surface area contributed by atoms with Crippen molar-refractivity contribution in [3.8, 4) is 0 Å². The van der Waals surface area contributed by atoms with Gasteiger partial charge in [0.05, 0.1) is 18.9 Å². The third-order valence-corrected chi connectivity index (χ3v) is 7.89. The van der Waals surface area contributed by atoms with E-state index in [1.165, 1.54) is 18.7 Å². The first-order valence-corrected chi connectivity index (χ1v) is 15.6. The molecule has 0 spiro atoms. The number of ether oxygens (including phenoxy) is 2. The van der Waals surface area contributed by atoms with Crippen LogP contribution >= 0.6 is 0 Å². The van der Waals surface area contributed by atoms with Crippen molar-refractivity contribution < 1.29 is 41.8 Å². The minimum absolute atomic E-state index is 0.0258. The van der Waals surface area contributed by atoms with E-state index in [1.807, 2.05) is 30.3 Å². The summed E-state index contributed by atoms with van der Waals surface area (Å²) in [7, 11) is 0. The number of amides is 4. The molecule has 2 unspecified atom stereocenters. The van der Waals surface area contributed by atoms with Gasteiger partial charge in [-0.2, -0.15) is 18.3 Å². The molecule has 0 aromatic heterocycles. The maximum absolute atomic E-state index is 14.2. The van der Waals surface area contributed by atoms with Gasteiger partial charge in [0.2, 0.25) is 11.8 Å². The Bertz CT molecular complexity index is 1510. The van der Waals surface area contributed by atoms with Crippen LogP contribution in [0, 0.1) is 5.41 Å². The second-order valence-corrected chi connectivity index (χ2v) is 13.6. The molecule has 0 radical (unpaired) electrons. The highest BCUT2D eigenvalue weighted by atomic mass is 19.4. The van der Waals surface area contributed by atoms with Crippen molar-refractivity contribution in [2.75, 3.05) is 26.2 Å². The standard InChI is InChI=1S/C34H42F3N5O6/c1-31(2,3)48-30(46)39-32(4,5)28(44)38-25(20-47-19-24-14-10-7-11-15-24)27(43)41-17-16-26-33(21-41,18-23-12-8-6-9-13-23)29(45)42(40-26)22-34(35,36)37/h6-15,25H,16-22H2,1-5H3,(H,38,44)(H,39,46). The minimum Gasteiger partial charge on any atom is -0.444 e. The fraction of sp³-hybridized carbons (Fsp3) is 0.500. The van der Waals surface area contributed by atoms with E-state index in [4.69, 9.17) is 9.47 Å². The maximum Gasteiger partial charge on any atom is 0.408 e. The molecular weight excluding hydrogens is 631 g/mol. The summed E-state index contributed by atoms with van der Waals surface area (Å²) in [4.78, 5) is 55.3. The first-order chi connectivity index (χ1) is 22.4. The van der Waals surface area contributed by atoms with E-state index < -0.39 is 59.1 Å². The van der Waals surface area contributed by atoms with Crippen molar-refractivity contribution in [2.24, 2.45) is 10.5 Å². The zero-order valence-corrected chi connectivity index (χ0v) is 27.7. The molecule has 1 saturated heterocycles. The summed E-state index contributed by atoms with van der Waals surface area (Å²) in [5.74, 6) is -2.15. The van der Waals surface area contributed by atoms with Crippen molar-refractivity contribution in [1.82, 2.24) is 20.5 Å². The van der Waals surface area contributed by atoms with Crippen molar-refractivity contribution in [3.63, 3.8) is 0 Å². The van der Waals surface area contributed by atoms with Crippen LogP contribution in [0.5, 0.6) is 0 Å². The molecule has 1 fully saturated rings. The quantitative estimate of drug-likeness (QED) is 0.368. The number of benzene rings is 2. The van der Waals surface area contributed by atoms with Gasteiger partial charge in [-0.15, -0.1) is 0 Å². The fourth-order valence-electron chi connectivity index (χ4n) is 5.61. The summed E-state index contributed by atoms with van der Waals surface area (Å²) < 4.78 is 51.4. The van der Waals surface area contributed by atoms with Crippen LogP contribution in [0.25, 0.3) is 0 Å². The zero-order valence-electron chi connectivity index (χ0n) is 27.7. The number of nitrogens with zero attached hydrogens (tertiary/aromatic N) is 3. The van der Waals surface area contributed by atoms with Crippen molar-refractivity contribution >= 4 is 29.5 Å². The van der Waals surface area contributed by atoms with E-state index in [0.717, 1.165) is 5.56 Å². The molecule has 0 aliphatic carbocycles. The maximum atomic E-state index is 14.2. The van der Waals surface area contributed by atoms with E-state index >= 15 is 0 Å². The Hall–Kier alpha value is -4.46. The number of halogens is 3. The normalized spacial score (nSPS) is 18.9. The van der Waals surface area contributed by atoms with Crippen LogP contribution in [0.2, 0.25) is 0 Å². The first-order valence-electron chi connectivity index (χ1n) is 15.6. The van der Waals surface area contributed by atoms with Crippen molar-refractivity contribution in [1.29, 1.82) is 0 Å². The Kier molecular flexibility index (Phi) is 10.9. The molecule has 11 nitrogen and oxygen atoms in total. The van der Waals surface area contributed by atoms with E-state index in [2.05, 4.69) is 15.7 Å². The number of nitrogens with one attached hydrogen (secondary N) is 2. The predicted molar refractivity (Wildman–Crippen MR) is 170 cm³/mol. The summed E-state index contributed by atoms with van der Waals surface area (Å²) in [6.45, 7) is 6.03. The van der Waals surface area contributed by atoms with Crippen LogP contribution < -0.4 is 10.6 Å². The van der Waals surface area contributed by atoms with Crippen molar-refractivity contribution in [2.45, 2.75) is 77.4 Å². The highest BCUT2D eigenvalue weighted by Gasteiger charge is 2.56. The number of hydrazone groups is 1. The second kappa shape index (κ2) is 14.3. The van der Waals surface area contributed by atoms with Crippen LogP contribution in [-0.2, 0) is 36.9 Å². The van der Waals surface area contributed by atoms with E-state index in [9.17, 15) is 32.3 Å². The lowest BCUT2D eigenvalue weighted by Crippen LogP contribution is -2.63. The third kappa shape index (κ3) is 9.33. The number of alkyl halides is 3. The molecule has 2 aliphatic heterocycles. The minimum atomic E-state index is -4.68. The molecule has 2 aromatic rings. The van der Waals surface area contributed by atoms with Gasteiger partial charge < -0.3 is 25.0 Å². The van der Waals surface area contributed by atoms with Crippen LogP contribution in [0.4, 0.5) is 18.0 Å². The number of fused-ring (bicyclic) bond motifs is 1. The number of rotatable bonds is 11. The number of alkyl carbamates (subject to hydrolysis) is 1. The van der Waals surface area contributed by atoms with E-state index in [-0.39, 0.29) is 44.9 Å². The van der Waals surface area contributed by atoms with Gasteiger partial charge in [-0.1, -0.05) is 60.7 Å². The number of carbonyl (C=O) groups excluding carboxylic acids is 4. The lowest BCUT2D eigenvalue weighted by molar-refractivity contribution is -0.164. The van der Waals surface area contributed by atoms with E-state index in [0.29, 0.717) is 10.6 Å². The smallest absolute Gasteiger partial charge is 0.408 e. The SMILES string of the molecule is CC(C)(C)OC(=O)NC(C)(C)C(=O)NC(COCc1ccccc1)C(=O)N1CCC2=NN(CC(F)(F)F)C(=O)C2(Cc2ccccc2)C1. The number of hydrogen-bond acceptors (Lipinski definition) is 7. The summed E-state index contributed by atoms with van der Waals surface area (Å²) in [6, 6.07) is 16.7. The number of piperidine rings is 1. The number of carbonyl (C=O) groups is 4. The average Bonchev–Trinajstić information content (AvgIpc) is 3.24. The Morgan fingerprint density at radius 1 is 0.958 bits per heavy atom. The summed E-state index contributed by atoms with van der Waals surface area (Å²) in [5.41, 5.74) is -2.09. The molecule has 14 heteroatoms. The second-order valence-electron chi connectivity index (χ2n) is 13.6. The van der Waals surface area contributed by atoms with Gasteiger partial charge in [0.25, 0.3) is 5.91 Å². The van der Waals surface area contributed by atoms with Gasteiger partial charge in [0.15, 0.2) is 0 Å². The molecular formula is C34H42F3N5O6. The lowest BCUT2D eigenvalue weighted by atomic mass is 9.73. The highest BCUT2D eigenvalue weighted by Crippen LogP contribution is 2.40. The number of likely N-dealkylation sites (tertiary alicyclic amines) is 1. The van der Waals surface area contributed by atoms with E-state index in [1.54, 1.807) is 51.1 Å². The fourth-order valence-corrected chi connectivity index (χ4v) is 5.61. The van der Waals surface area contributed by atoms with Crippen LogP contribution in [-0.4, -0.2) is 89.0 Å². The first kappa shape index (κ1) is 36.4. The predicted octanol–water partition coefficient (Wildman–Crippen LogP) is 4.21. The molecule has 0 saturated carbocycles. The van der Waals surface area contributed by atoms with Gasteiger partial charge in [0, 0.05) is 19.5 Å². The molecule has 2 N–H and O–H groups in total. The summed E-state index contributed by atoms with van der Waals surface area (Å²) in [6.07, 6.45) is -5.43.